The third-order valence-corrected chi connectivity index (χ3v) is 4.56. The van der Waals surface area contributed by atoms with Crippen molar-refractivity contribution in [1.82, 2.24) is 9.88 Å². The van der Waals surface area contributed by atoms with E-state index < -0.39 is 0 Å². The number of pyridine rings is 1. The minimum atomic E-state index is -0.170. The summed E-state index contributed by atoms with van der Waals surface area (Å²) in [7, 11) is 1.68. The highest BCUT2D eigenvalue weighted by Gasteiger charge is 2.38. The summed E-state index contributed by atoms with van der Waals surface area (Å²) >= 11 is 0. The van der Waals surface area contributed by atoms with Crippen LogP contribution in [0.4, 0.5) is 5.69 Å². The first-order valence-corrected chi connectivity index (χ1v) is 7.37. The van der Waals surface area contributed by atoms with Crippen LogP contribution in [0.3, 0.4) is 0 Å². The van der Waals surface area contributed by atoms with Gasteiger partial charge in [-0.2, -0.15) is 0 Å². The average molecular weight is 312 g/mol. The summed E-state index contributed by atoms with van der Waals surface area (Å²) in [4.78, 5) is 24.2. The second-order valence-corrected chi connectivity index (χ2v) is 5.93. The van der Waals surface area contributed by atoms with Crippen LogP contribution in [-0.4, -0.2) is 22.6 Å². The number of amides is 1. The summed E-state index contributed by atoms with van der Waals surface area (Å²) in [5.74, 6) is 0.542. The van der Waals surface area contributed by atoms with Gasteiger partial charge in [-0.05, 0) is 37.3 Å². The van der Waals surface area contributed by atoms with Crippen LogP contribution in [0.5, 0.6) is 0 Å². The summed E-state index contributed by atoms with van der Waals surface area (Å²) < 4.78 is 1.47. The lowest BCUT2D eigenvalue weighted by atomic mass is 9.85. The number of fused-ring (bicyclic) bond motifs is 1. The normalized spacial score (nSPS) is 27.6. The quantitative estimate of drug-likeness (QED) is 0.873. The Morgan fingerprint density at radius 2 is 2.14 bits per heavy atom. The summed E-state index contributed by atoms with van der Waals surface area (Å²) in [6.07, 6.45) is 7.48. The van der Waals surface area contributed by atoms with Crippen LogP contribution in [-0.2, 0) is 11.8 Å². The number of carbonyl (C=O) groups is 1. The molecule has 1 saturated heterocycles. The van der Waals surface area contributed by atoms with Gasteiger partial charge in [0.15, 0.2) is 0 Å². The summed E-state index contributed by atoms with van der Waals surface area (Å²) in [6.45, 7) is 0. The molecule has 2 N–H and O–H groups in total. The maximum absolute atomic E-state index is 12.3. The maximum Gasteiger partial charge on any atom is 0.274 e. The van der Waals surface area contributed by atoms with Crippen molar-refractivity contribution in [2.75, 3.05) is 5.32 Å². The second kappa shape index (κ2) is 6.62. The van der Waals surface area contributed by atoms with Crippen molar-refractivity contribution >= 4 is 24.0 Å². The van der Waals surface area contributed by atoms with Crippen molar-refractivity contribution in [1.29, 1.82) is 0 Å². The molecule has 1 saturated carbocycles. The van der Waals surface area contributed by atoms with E-state index in [9.17, 15) is 9.59 Å². The Hall–Kier alpha value is -1.33. The van der Waals surface area contributed by atoms with E-state index in [1.807, 2.05) is 0 Å². The highest BCUT2D eigenvalue weighted by Crippen LogP contribution is 2.33. The molecule has 1 amide bonds. The maximum atomic E-state index is 12.3. The number of nitrogens with one attached hydrogen (secondary N) is 2. The van der Waals surface area contributed by atoms with Gasteiger partial charge < -0.3 is 15.2 Å². The van der Waals surface area contributed by atoms with Crippen molar-refractivity contribution < 1.29 is 4.79 Å². The van der Waals surface area contributed by atoms with Crippen LogP contribution >= 0.6 is 12.4 Å². The third-order valence-electron chi connectivity index (χ3n) is 4.56. The zero-order chi connectivity index (χ0) is 14.1. The van der Waals surface area contributed by atoms with Gasteiger partial charge in [0, 0.05) is 19.3 Å². The molecule has 0 bridgehead atoms. The smallest absolute Gasteiger partial charge is 0.274 e. The molecule has 2 heterocycles. The molecule has 1 aliphatic carbocycles. The molecular formula is C15H22ClN3O2. The molecule has 0 spiro atoms. The molecule has 3 rings (SSSR count). The Labute approximate surface area is 130 Å². The molecule has 5 nitrogen and oxygen atoms in total. The van der Waals surface area contributed by atoms with Crippen LogP contribution in [0, 0.1) is 5.92 Å². The summed E-state index contributed by atoms with van der Waals surface area (Å²) in [5, 5.41) is 6.19. The first kappa shape index (κ1) is 16.0. The van der Waals surface area contributed by atoms with E-state index in [1.165, 1.54) is 30.3 Å². The van der Waals surface area contributed by atoms with Crippen LogP contribution < -0.4 is 16.2 Å². The van der Waals surface area contributed by atoms with Crippen LogP contribution in [0.25, 0.3) is 0 Å². The molecule has 0 radical (unpaired) electrons. The number of hydrogen-bond acceptors (Lipinski definition) is 3. The first-order chi connectivity index (χ1) is 9.65. The molecule has 6 heteroatoms. The van der Waals surface area contributed by atoms with Crippen LogP contribution in [0.2, 0.25) is 0 Å². The number of aryl methyl sites for hydroxylation is 1. The van der Waals surface area contributed by atoms with Gasteiger partial charge in [0.2, 0.25) is 5.91 Å². The van der Waals surface area contributed by atoms with Gasteiger partial charge >= 0.3 is 0 Å². The highest BCUT2D eigenvalue weighted by atomic mass is 35.5. The molecule has 1 aliphatic heterocycles. The average Bonchev–Trinajstić information content (AvgIpc) is 2.88. The van der Waals surface area contributed by atoms with E-state index in [4.69, 9.17) is 0 Å². The Morgan fingerprint density at radius 3 is 2.90 bits per heavy atom. The minimum Gasteiger partial charge on any atom is -0.320 e. The lowest BCUT2D eigenvalue weighted by Crippen LogP contribution is -2.40. The molecule has 0 aromatic carbocycles. The second-order valence-electron chi connectivity index (χ2n) is 5.93. The van der Waals surface area contributed by atoms with Gasteiger partial charge in [0.05, 0.1) is 6.04 Å². The summed E-state index contributed by atoms with van der Waals surface area (Å²) in [5.41, 5.74) is 0.188. The SMILES string of the molecule is Cl.Cn1cccc(NC(=O)C2CC3CCCCC3N2)c1=O. The molecule has 21 heavy (non-hydrogen) atoms. The summed E-state index contributed by atoms with van der Waals surface area (Å²) in [6, 6.07) is 3.74. The van der Waals surface area contributed by atoms with Gasteiger partial charge in [-0.1, -0.05) is 12.8 Å². The molecule has 1 aromatic rings. The van der Waals surface area contributed by atoms with Gasteiger partial charge in [0.1, 0.15) is 5.69 Å². The molecular weight excluding hydrogens is 290 g/mol. The van der Waals surface area contributed by atoms with E-state index in [-0.39, 0.29) is 29.9 Å². The fourth-order valence-electron chi connectivity index (χ4n) is 3.43. The molecule has 3 unspecified atom stereocenters. The Morgan fingerprint density at radius 1 is 1.38 bits per heavy atom. The van der Waals surface area contributed by atoms with E-state index in [1.54, 1.807) is 25.4 Å². The zero-order valence-corrected chi connectivity index (χ0v) is 13.0. The number of carbonyl (C=O) groups excluding carboxylic acids is 1. The number of halogens is 1. The fourth-order valence-corrected chi connectivity index (χ4v) is 3.43. The van der Waals surface area contributed by atoms with Crippen LogP contribution in [0.1, 0.15) is 32.1 Å². The Bertz CT molecular complexity index is 558. The van der Waals surface area contributed by atoms with Gasteiger partial charge in [-0.15, -0.1) is 12.4 Å². The van der Waals surface area contributed by atoms with Gasteiger partial charge in [-0.25, -0.2) is 0 Å². The monoisotopic (exact) mass is 311 g/mol. The molecule has 3 atom stereocenters. The standard InChI is InChI=1S/C15H21N3O2.ClH/c1-18-8-4-7-12(15(18)20)17-14(19)13-9-10-5-2-3-6-11(10)16-13;/h4,7-8,10-11,13,16H,2-3,5-6,9H2,1H3,(H,17,19);1H. The van der Waals surface area contributed by atoms with Crippen LogP contribution in [0.15, 0.2) is 23.1 Å². The van der Waals surface area contributed by atoms with Crippen molar-refractivity contribution in [2.24, 2.45) is 13.0 Å². The Balaban J connectivity index is 0.00000161. The molecule has 2 aliphatic rings. The molecule has 2 fully saturated rings. The van der Waals surface area contributed by atoms with E-state index in [0.717, 1.165) is 6.42 Å². The number of anilines is 1. The van der Waals surface area contributed by atoms with Crippen molar-refractivity contribution in [3.8, 4) is 0 Å². The Kier molecular flexibility index (Phi) is 5.06. The fraction of sp³-hybridized carbons (Fsp3) is 0.600. The van der Waals surface area contributed by atoms with Gasteiger partial charge in [-0.3, -0.25) is 9.59 Å². The van der Waals surface area contributed by atoms with Gasteiger partial charge in [0.25, 0.3) is 5.56 Å². The van der Waals surface area contributed by atoms with E-state index >= 15 is 0 Å². The van der Waals surface area contributed by atoms with E-state index in [2.05, 4.69) is 10.6 Å². The zero-order valence-electron chi connectivity index (χ0n) is 12.2. The number of nitrogens with zero attached hydrogens (tertiary/aromatic N) is 1. The predicted molar refractivity (Wildman–Crippen MR) is 84.8 cm³/mol. The topological polar surface area (TPSA) is 63.1 Å². The third kappa shape index (κ3) is 3.30. The first-order valence-electron chi connectivity index (χ1n) is 7.37. The minimum absolute atomic E-state index is 0. The van der Waals surface area contributed by atoms with Crippen molar-refractivity contribution in [2.45, 2.75) is 44.2 Å². The number of rotatable bonds is 2. The molecule has 116 valence electrons. The molecule has 1 aromatic heterocycles. The van der Waals surface area contributed by atoms with E-state index in [0.29, 0.717) is 17.6 Å². The van der Waals surface area contributed by atoms with Crippen molar-refractivity contribution in [3.05, 3.63) is 28.7 Å². The lowest BCUT2D eigenvalue weighted by molar-refractivity contribution is -0.117. The lowest BCUT2D eigenvalue weighted by Gasteiger charge is -2.24. The highest BCUT2D eigenvalue weighted by molar-refractivity contribution is 5.94. The number of aromatic nitrogens is 1. The van der Waals surface area contributed by atoms with Crippen molar-refractivity contribution in [3.63, 3.8) is 0 Å². The predicted octanol–water partition coefficient (Wildman–Crippen LogP) is 1.67. The number of hydrogen-bond donors (Lipinski definition) is 2. The largest absolute Gasteiger partial charge is 0.320 e.